The van der Waals surface area contributed by atoms with Crippen molar-refractivity contribution >= 4 is 35.7 Å². The SMILES string of the molecule is O=S(=O)(N=[S@@](=O)(c1ccccc1)[C@H](F)c1ccccc1Br)c1ccccc1. The fourth-order valence-corrected chi connectivity index (χ4v) is 7.06. The first kappa shape index (κ1) is 19.7. The summed E-state index contributed by atoms with van der Waals surface area (Å²) in [5, 5.41) is 0. The summed E-state index contributed by atoms with van der Waals surface area (Å²) in [6.45, 7) is 0. The van der Waals surface area contributed by atoms with Crippen LogP contribution in [0, 0.1) is 0 Å². The third-order valence-electron chi connectivity index (χ3n) is 3.76. The Hall–Kier alpha value is -2.03. The number of sulfonamides is 1. The normalized spacial score (nSPS) is 14.9. The first-order valence-electron chi connectivity index (χ1n) is 7.85. The standard InChI is InChI=1S/C19H15BrFNO3S2/c20-18-14-8-7-13-17(18)19(21)26(23,15-9-3-1-4-10-15)22-27(24,25)16-11-5-2-6-12-16/h1-14,19H/t19-,26+/m0/s1. The molecule has 0 unspecified atom stereocenters. The minimum absolute atomic E-state index is 0.00718. The average molecular weight is 468 g/mol. The molecule has 2 atom stereocenters. The number of rotatable bonds is 5. The van der Waals surface area contributed by atoms with Crippen LogP contribution < -0.4 is 0 Å². The molecule has 0 saturated heterocycles. The Morgan fingerprint density at radius 2 is 1.22 bits per heavy atom. The zero-order valence-electron chi connectivity index (χ0n) is 13.9. The molecule has 27 heavy (non-hydrogen) atoms. The van der Waals surface area contributed by atoms with E-state index in [2.05, 4.69) is 19.7 Å². The second-order valence-electron chi connectivity index (χ2n) is 5.58. The summed E-state index contributed by atoms with van der Waals surface area (Å²) in [4.78, 5) is -0.138. The molecule has 0 fully saturated rings. The van der Waals surface area contributed by atoms with Crippen LogP contribution in [0.1, 0.15) is 11.1 Å². The maximum atomic E-state index is 15.5. The minimum Gasteiger partial charge on any atom is -0.240 e. The molecule has 0 N–H and O–H groups in total. The van der Waals surface area contributed by atoms with E-state index in [4.69, 9.17) is 0 Å². The zero-order valence-corrected chi connectivity index (χ0v) is 17.1. The molecule has 3 aromatic rings. The predicted molar refractivity (Wildman–Crippen MR) is 107 cm³/mol. The monoisotopic (exact) mass is 467 g/mol. The van der Waals surface area contributed by atoms with Crippen molar-refractivity contribution in [2.24, 2.45) is 3.77 Å². The smallest absolute Gasteiger partial charge is 0.240 e. The fraction of sp³-hybridized carbons (Fsp3) is 0.0526. The molecule has 0 spiro atoms. The van der Waals surface area contributed by atoms with Gasteiger partial charge < -0.3 is 0 Å². The minimum atomic E-state index is -4.34. The number of alkyl halides is 1. The summed E-state index contributed by atoms with van der Waals surface area (Å²) in [6.07, 6.45) is 0. The van der Waals surface area contributed by atoms with Gasteiger partial charge in [-0.05, 0) is 30.3 Å². The van der Waals surface area contributed by atoms with Crippen molar-refractivity contribution in [3.8, 4) is 0 Å². The molecule has 0 amide bonds. The van der Waals surface area contributed by atoms with E-state index in [9.17, 15) is 12.6 Å². The van der Waals surface area contributed by atoms with E-state index in [0.717, 1.165) is 0 Å². The Labute approximate surface area is 166 Å². The summed E-state index contributed by atoms with van der Waals surface area (Å²) >= 11 is 3.23. The molecule has 140 valence electrons. The summed E-state index contributed by atoms with van der Waals surface area (Å²) < 4.78 is 58.6. The molecule has 0 aliphatic rings. The van der Waals surface area contributed by atoms with Crippen molar-refractivity contribution in [2.75, 3.05) is 0 Å². The lowest BCUT2D eigenvalue weighted by molar-refractivity contribution is 0.449. The number of hydrogen-bond donors (Lipinski definition) is 0. The Morgan fingerprint density at radius 1 is 0.741 bits per heavy atom. The quantitative estimate of drug-likeness (QED) is 0.508. The summed E-state index contributed by atoms with van der Waals surface area (Å²) in [5.41, 5.74) is -2.08. The van der Waals surface area contributed by atoms with Crippen LogP contribution in [-0.4, -0.2) is 12.6 Å². The number of hydrogen-bond acceptors (Lipinski definition) is 3. The van der Waals surface area contributed by atoms with Crippen molar-refractivity contribution in [3.63, 3.8) is 0 Å². The van der Waals surface area contributed by atoms with Gasteiger partial charge in [-0.15, -0.1) is 0 Å². The van der Waals surface area contributed by atoms with E-state index >= 15 is 4.39 Å². The van der Waals surface area contributed by atoms with E-state index in [-0.39, 0.29) is 15.4 Å². The Balaban J connectivity index is 2.27. The van der Waals surface area contributed by atoms with Crippen molar-refractivity contribution in [3.05, 3.63) is 95.0 Å². The van der Waals surface area contributed by atoms with Gasteiger partial charge in [-0.2, -0.15) is 8.42 Å². The van der Waals surface area contributed by atoms with Crippen molar-refractivity contribution in [1.29, 1.82) is 0 Å². The Bertz CT molecular complexity index is 1160. The number of halogens is 2. The molecule has 3 rings (SSSR count). The van der Waals surface area contributed by atoms with E-state index in [1.165, 1.54) is 42.5 Å². The Kier molecular flexibility index (Phi) is 5.78. The van der Waals surface area contributed by atoms with Crippen molar-refractivity contribution in [2.45, 2.75) is 15.3 Å². The van der Waals surface area contributed by atoms with Crippen LogP contribution in [-0.2, 0) is 19.8 Å². The lowest BCUT2D eigenvalue weighted by atomic mass is 10.2. The van der Waals surface area contributed by atoms with Crippen molar-refractivity contribution in [1.82, 2.24) is 0 Å². The van der Waals surface area contributed by atoms with Gasteiger partial charge in [0, 0.05) is 10.0 Å². The van der Waals surface area contributed by atoms with Gasteiger partial charge in [0.1, 0.15) is 9.73 Å². The first-order chi connectivity index (χ1) is 12.8. The second kappa shape index (κ2) is 7.92. The van der Waals surface area contributed by atoms with Gasteiger partial charge in [-0.3, -0.25) is 0 Å². The largest absolute Gasteiger partial charge is 0.290 e. The predicted octanol–water partition coefficient (Wildman–Crippen LogP) is 5.33. The first-order valence-corrected chi connectivity index (χ1v) is 11.7. The van der Waals surface area contributed by atoms with Crippen LogP contribution in [0.5, 0.6) is 0 Å². The average Bonchev–Trinajstić information content (AvgIpc) is 2.69. The molecular weight excluding hydrogens is 453 g/mol. The van der Waals surface area contributed by atoms with Gasteiger partial charge in [0.05, 0.1) is 9.79 Å². The molecule has 0 bridgehead atoms. The molecular formula is C19H15BrFNO3S2. The van der Waals surface area contributed by atoms with Crippen LogP contribution in [0.3, 0.4) is 0 Å². The number of benzene rings is 3. The molecule has 4 nitrogen and oxygen atoms in total. The van der Waals surface area contributed by atoms with Gasteiger partial charge in [0.15, 0.2) is 0 Å². The Morgan fingerprint density at radius 3 is 1.78 bits per heavy atom. The van der Waals surface area contributed by atoms with Crippen LogP contribution >= 0.6 is 15.9 Å². The van der Waals surface area contributed by atoms with Gasteiger partial charge in [0.2, 0.25) is 5.50 Å². The third kappa shape index (κ3) is 4.12. The molecule has 3 aromatic carbocycles. The van der Waals surface area contributed by atoms with Crippen LogP contribution in [0.15, 0.2) is 103 Å². The summed E-state index contributed by atoms with van der Waals surface area (Å²) in [6, 6.07) is 21.3. The van der Waals surface area contributed by atoms with Gasteiger partial charge in [-0.25, -0.2) is 8.60 Å². The summed E-state index contributed by atoms with van der Waals surface area (Å²) in [5.74, 6) is 0. The van der Waals surface area contributed by atoms with E-state index in [0.29, 0.717) is 4.47 Å². The van der Waals surface area contributed by atoms with Crippen LogP contribution in [0.25, 0.3) is 0 Å². The second-order valence-corrected chi connectivity index (χ2v) is 10.5. The van der Waals surface area contributed by atoms with Crippen LogP contribution in [0.2, 0.25) is 0 Å². The molecule has 0 heterocycles. The van der Waals surface area contributed by atoms with Crippen molar-refractivity contribution < 1.29 is 17.0 Å². The van der Waals surface area contributed by atoms with Crippen LogP contribution in [0.4, 0.5) is 4.39 Å². The zero-order chi connectivity index (χ0) is 19.5. The maximum Gasteiger partial charge on any atom is 0.290 e. The van der Waals surface area contributed by atoms with Gasteiger partial charge in [0.25, 0.3) is 10.0 Å². The maximum absolute atomic E-state index is 15.5. The highest BCUT2D eigenvalue weighted by atomic mass is 79.9. The fourth-order valence-electron chi connectivity index (χ4n) is 2.43. The van der Waals surface area contributed by atoms with E-state index in [1.807, 2.05) is 0 Å². The highest BCUT2D eigenvalue weighted by Crippen LogP contribution is 2.37. The van der Waals surface area contributed by atoms with E-state index in [1.54, 1.807) is 42.5 Å². The molecule has 0 radical (unpaired) electrons. The highest BCUT2D eigenvalue weighted by Gasteiger charge is 2.31. The number of nitrogens with zero attached hydrogens (tertiary/aromatic N) is 1. The van der Waals surface area contributed by atoms with Gasteiger partial charge in [-0.1, -0.05) is 74.3 Å². The molecule has 0 aliphatic carbocycles. The molecule has 8 heteroatoms. The highest BCUT2D eigenvalue weighted by molar-refractivity contribution is 9.10. The lowest BCUT2D eigenvalue weighted by Crippen LogP contribution is -2.13. The summed E-state index contributed by atoms with van der Waals surface area (Å²) in [7, 11) is -8.33. The topological polar surface area (TPSA) is 63.6 Å². The lowest BCUT2D eigenvalue weighted by Gasteiger charge is -2.16. The molecule has 0 aromatic heterocycles. The van der Waals surface area contributed by atoms with E-state index < -0.39 is 25.3 Å². The van der Waals surface area contributed by atoms with Gasteiger partial charge >= 0.3 is 0 Å². The third-order valence-corrected chi connectivity index (χ3v) is 8.78. The molecule has 0 saturated carbocycles. The molecule has 0 aliphatic heterocycles.